The third kappa shape index (κ3) is 3.41. The predicted octanol–water partition coefficient (Wildman–Crippen LogP) is 3.28. The van der Waals surface area contributed by atoms with Gasteiger partial charge in [-0.2, -0.15) is 0 Å². The van der Waals surface area contributed by atoms with Gasteiger partial charge < -0.3 is 14.0 Å². The minimum Gasteiger partial charge on any atom is -0.480 e. The lowest BCUT2D eigenvalue weighted by atomic mass is 10.1. The summed E-state index contributed by atoms with van der Waals surface area (Å²) in [4.78, 5) is 11.1. The fourth-order valence-corrected chi connectivity index (χ4v) is 2.65. The number of furan rings is 1. The van der Waals surface area contributed by atoms with E-state index in [0.717, 1.165) is 0 Å². The van der Waals surface area contributed by atoms with E-state index in [-0.39, 0.29) is 5.92 Å². The molecule has 0 bridgehead atoms. The molecular weight excluding hydrogens is 266 g/mol. The summed E-state index contributed by atoms with van der Waals surface area (Å²) in [6.45, 7) is 3.78. The van der Waals surface area contributed by atoms with Crippen molar-refractivity contribution in [2.75, 3.05) is 0 Å². The maximum atomic E-state index is 11.1. The van der Waals surface area contributed by atoms with Crippen molar-refractivity contribution in [1.29, 1.82) is 0 Å². The van der Waals surface area contributed by atoms with Crippen LogP contribution in [0.1, 0.15) is 19.5 Å². The van der Waals surface area contributed by atoms with E-state index in [4.69, 9.17) is 14.0 Å². The summed E-state index contributed by atoms with van der Waals surface area (Å²) in [5.41, 5.74) is 0.711. The second-order valence-corrected chi connectivity index (χ2v) is 5.60. The van der Waals surface area contributed by atoms with Crippen LogP contribution in [-0.2, 0) is 10.5 Å². The summed E-state index contributed by atoms with van der Waals surface area (Å²) in [7, 11) is 0. The highest BCUT2D eigenvalue weighted by molar-refractivity contribution is 7.99. The number of hydrogen-bond donors (Lipinski definition) is 1. The van der Waals surface area contributed by atoms with Gasteiger partial charge in [0.1, 0.15) is 5.25 Å². The molecule has 1 unspecified atom stereocenters. The van der Waals surface area contributed by atoms with Crippen molar-refractivity contribution in [2.45, 2.75) is 24.9 Å². The molecule has 5 nitrogen and oxygen atoms in total. The van der Waals surface area contributed by atoms with Crippen LogP contribution < -0.4 is 0 Å². The second kappa shape index (κ2) is 5.97. The molecule has 6 heteroatoms. The first kappa shape index (κ1) is 13.7. The maximum Gasteiger partial charge on any atom is 0.316 e. The molecule has 2 rings (SSSR count). The molecule has 0 amide bonds. The number of thioether (sulfide) groups is 1. The summed E-state index contributed by atoms with van der Waals surface area (Å²) in [5.74, 6) is 0.937. The Bertz CT molecular complexity index is 533. The highest BCUT2D eigenvalue weighted by atomic mass is 32.2. The largest absolute Gasteiger partial charge is 0.480 e. The monoisotopic (exact) mass is 281 g/mol. The first-order valence-corrected chi connectivity index (χ1v) is 6.96. The molecular formula is C13H15NO4S. The van der Waals surface area contributed by atoms with Crippen molar-refractivity contribution in [3.63, 3.8) is 0 Å². The molecule has 0 aromatic carbocycles. The Labute approximate surface area is 115 Å². The first-order valence-electron chi connectivity index (χ1n) is 5.92. The van der Waals surface area contributed by atoms with Gasteiger partial charge in [0.2, 0.25) is 5.76 Å². The van der Waals surface area contributed by atoms with E-state index in [1.807, 2.05) is 13.8 Å². The SMILES string of the molecule is CC(C)C(SCc1cc(-c2ccco2)on1)C(=O)O. The molecule has 102 valence electrons. The van der Waals surface area contributed by atoms with Gasteiger partial charge in [-0.05, 0) is 18.1 Å². The van der Waals surface area contributed by atoms with Gasteiger partial charge in [0.15, 0.2) is 5.76 Å². The predicted molar refractivity (Wildman–Crippen MR) is 71.8 cm³/mol. The van der Waals surface area contributed by atoms with Gasteiger partial charge in [-0.25, -0.2) is 0 Å². The van der Waals surface area contributed by atoms with Crippen LogP contribution in [0.25, 0.3) is 11.5 Å². The molecule has 0 fully saturated rings. The summed E-state index contributed by atoms with van der Waals surface area (Å²) in [5, 5.41) is 12.6. The molecule has 1 N–H and O–H groups in total. The Morgan fingerprint density at radius 3 is 2.84 bits per heavy atom. The van der Waals surface area contributed by atoms with E-state index in [0.29, 0.717) is 23.0 Å². The van der Waals surface area contributed by atoms with E-state index in [9.17, 15) is 4.79 Å². The molecule has 0 saturated heterocycles. The number of carbonyl (C=O) groups is 1. The van der Waals surface area contributed by atoms with Crippen molar-refractivity contribution in [3.8, 4) is 11.5 Å². The van der Waals surface area contributed by atoms with Crippen LogP contribution in [0.5, 0.6) is 0 Å². The van der Waals surface area contributed by atoms with Gasteiger partial charge >= 0.3 is 5.97 Å². The molecule has 19 heavy (non-hydrogen) atoms. The average Bonchev–Trinajstić information content (AvgIpc) is 2.98. The quantitative estimate of drug-likeness (QED) is 0.875. The van der Waals surface area contributed by atoms with Crippen LogP contribution in [0, 0.1) is 5.92 Å². The Morgan fingerprint density at radius 1 is 1.47 bits per heavy atom. The molecule has 2 aromatic heterocycles. The van der Waals surface area contributed by atoms with Gasteiger partial charge in [0.25, 0.3) is 0 Å². The zero-order chi connectivity index (χ0) is 13.8. The van der Waals surface area contributed by atoms with Crippen LogP contribution in [0.4, 0.5) is 0 Å². The normalized spacial score (nSPS) is 12.8. The summed E-state index contributed by atoms with van der Waals surface area (Å²) >= 11 is 1.35. The van der Waals surface area contributed by atoms with Crippen LogP contribution in [0.3, 0.4) is 0 Å². The Balaban J connectivity index is 1.99. The van der Waals surface area contributed by atoms with Gasteiger partial charge in [-0.15, -0.1) is 11.8 Å². The zero-order valence-electron chi connectivity index (χ0n) is 10.7. The zero-order valence-corrected chi connectivity index (χ0v) is 11.5. The van der Waals surface area contributed by atoms with Crippen molar-refractivity contribution >= 4 is 17.7 Å². The molecule has 2 aromatic rings. The Hall–Kier alpha value is -1.69. The number of carboxylic acids is 1. The molecule has 0 aliphatic heterocycles. The minimum absolute atomic E-state index is 0.0685. The lowest BCUT2D eigenvalue weighted by Crippen LogP contribution is -2.22. The van der Waals surface area contributed by atoms with Gasteiger partial charge in [0, 0.05) is 11.8 Å². The third-order valence-electron chi connectivity index (χ3n) is 2.58. The number of hydrogen-bond acceptors (Lipinski definition) is 5. The van der Waals surface area contributed by atoms with Crippen molar-refractivity contribution in [1.82, 2.24) is 5.16 Å². The number of nitrogens with zero attached hydrogens (tertiary/aromatic N) is 1. The third-order valence-corrected chi connectivity index (χ3v) is 4.15. The maximum absolute atomic E-state index is 11.1. The molecule has 0 aliphatic carbocycles. The lowest BCUT2D eigenvalue weighted by molar-refractivity contribution is -0.137. The van der Waals surface area contributed by atoms with Crippen molar-refractivity contribution in [2.24, 2.45) is 5.92 Å². The van der Waals surface area contributed by atoms with Gasteiger partial charge in [-0.1, -0.05) is 19.0 Å². The average molecular weight is 281 g/mol. The number of carboxylic acid groups (broad SMARTS) is 1. The molecule has 0 radical (unpaired) electrons. The fraction of sp³-hybridized carbons (Fsp3) is 0.385. The second-order valence-electron chi connectivity index (χ2n) is 4.47. The van der Waals surface area contributed by atoms with Crippen molar-refractivity contribution < 1.29 is 18.8 Å². The van der Waals surface area contributed by atoms with Gasteiger partial charge in [-0.3, -0.25) is 4.79 Å². The van der Waals surface area contributed by atoms with E-state index < -0.39 is 11.2 Å². The molecule has 0 spiro atoms. The molecule has 2 heterocycles. The van der Waals surface area contributed by atoms with Crippen LogP contribution >= 0.6 is 11.8 Å². The highest BCUT2D eigenvalue weighted by Crippen LogP contribution is 2.26. The van der Waals surface area contributed by atoms with E-state index in [1.165, 1.54) is 11.8 Å². The summed E-state index contributed by atoms with van der Waals surface area (Å²) < 4.78 is 10.4. The number of rotatable bonds is 6. The highest BCUT2D eigenvalue weighted by Gasteiger charge is 2.22. The minimum atomic E-state index is -0.797. The topological polar surface area (TPSA) is 76.5 Å². The number of aromatic nitrogens is 1. The lowest BCUT2D eigenvalue weighted by Gasteiger charge is -2.14. The van der Waals surface area contributed by atoms with E-state index in [2.05, 4.69) is 5.16 Å². The van der Waals surface area contributed by atoms with Crippen LogP contribution in [0.15, 0.2) is 33.4 Å². The van der Waals surface area contributed by atoms with Crippen LogP contribution in [0.2, 0.25) is 0 Å². The molecule has 0 saturated carbocycles. The number of aliphatic carboxylic acids is 1. The molecule has 1 atom stereocenters. The van der Waals surface area contributed by atoms with E-state index in [1.54, 1.807) is 24.5 Å². The smallest absolute Gasteiger partial charge is 0.316 e. The summed E-state index contributed by atoms with van der Waals surface area (Å²) in [6.07, 6.45) is 1.56. The summed E-state index contributed by atoms with van der Waals surface area (Å²) in [6, 6.07) is 5.32. The molecule has 0 aliphatic rings. The Kier molecular flexibility index (Phi) is 4.31. The fourth-order valence-electron chi connectivity index (χ4n) is 1.64. The first-order chi connectivity index (χ1) is 9.08. The van der Waals surface area contributed by atoms with Crippen molar-refractivity contribution in [3.05, 3.63) is 30.2 Å². The van der Waals surface area contributed by atoms with E-state index >= 15 is 0 Å². The van der Waals surface area contributed by atoms with Crippen LogP contribution in [-0.4, -0.2) is 21.5 Å². The van der Waals surface area contributed by atoms with Gasteiger partial charge in [0.05, 0.1) is 12.0 Å². The Morgan fingerprint density at radius 2 is 2.26 bits per heavy atom. The standard InChI is InChI=1S/C13H15NO4S/c1-8(2)12(13(15)16)19-7-9-6-11(18-14-9)10-4-3-5-17-10/h3-6,8,12H,7H2,1-2H3,(H,15,16).